The van der Waals surface area contributed by atoms with E-state index in [9.17, 15) is 22.0 Å². The molecule has 2 rings (SSSR count). The Hall–Kier alpha value is -2.71. The van der Waals surface area contributed by atoms with E-state index in [0.717, 1.165) is 12.2 Å². The van der Waals surface area contributed by atoms with Gasteiger partial charge in [-0.2, -0.15) is 13.2 Å². The third-order valence-electron chi connectivity index (χ3n) is 3.79. The number of nitrogens with zero attached hydrogens (tertiary/aromatic N) is 2. The number of hydrogen-bond acceptors (Lipinski definition) is 4. The molecule has 0 N–H and O–H groups in total. The first-order chi connectivity index (χ1) is 13.1. The van der Waals surface area contributed by atoms with Gasteiger partial charge in [0.25, 0.3) is 6.43 Å². The number of rotatable bonds is 7. The lowest BCUT2D eigenvalue weighted by Crippen LogP contribution is -2.10. The molecule has 0 unspecified atom stereocenters. The molecule has 0 aliphatic heterocycles. The average molecular weight is 402 g/mol. The van der Waals surface area contributed by atoms with Crippen LogP contribution in [0.3, 0.4) is 0 Å². The van der Waals surface area contributed by atoms with Crippen LogP contribution in [0.4, 0.5) is 22.0 Å². The summed E-state index contributed by atoms with van der Waals surface area (Å²) < 4.78 is 75.3. The Morgan fingerprint density at radius 1 is 1.32 bits per heavy atom. The highest BCUT2D eigenvalue weighted by Crippen LogP contribution is 2.33. The molecule has 2 heterocycles. The van der Waals surface area contributed by atoms with Crippen LogP contribution in [0.5, 0.6) is 5.75 Å². The SMILES string of the molecule is CCC(C)=C/C(=C\c1nc(-c2ccncc2OCC(F)F)oc1C)C(F)(F)F. The van der Waals surface area contributed by atoms with E-state index in [4.69, 9.17) is 9.15 Å². The van der Waals surface area contributed by atoms with Gasteiger partial charge in [-0.05, 0) is 32.4 Å². The van der Waals surface area contributed by atoms with Crippen LogP contribution >= 0.6 is 0 Å². The van der Waals surface area contributed by atoms with Crippen LogP contribution in [-0.4, -0.2) is 29.2 Å². The number of halogens is 5. The van der Waals surface area contributed by atoms with Crippen LogP contribution in [0.2, 0.25) is 0 Å². The maximum Gasteiger partial charge on any atom is 0.416 e. The monoisotopic (exact) mass is 402 g/mol. The highest BCUT2D eigenvalue weighted by molar-refractivity contribution is 5.65. The quantitative estimate of drug-likeness (QED) is 0.422. The number of hydrogen-bond donors (Lipinski definition) is 0. The molecule has 0 saturated heterocycles. The van der Waals surface area contributed by atoms with Crippen molar-refractivity contribution in [1.82, 2.24) is 9.97 Å². The Balaban J connectivity index is 2.45. The summed E-state index contributed by atoms with van der Waals surface area (Å²) in [5.41, 5.74) is -0.105. The Kier molecular flexibility index (Phi) is 6.93. The van der Waals surface area contributed by atoms with Crippen molar-refractivity contribution in [3.05, 3.63) is 47.1 Å². The molecule has 0 aliphatic rings. The van der Waals surface area contributed by atoms with Crippen molar-refractivity contribution < 1.29 is 31.1 Å². The van der Waals surface area contributed by atoms with Crippen LogP contribution in [0.1, 0.15) is 31.7 Å². The minimum absolute atomic E-state index is 0.00246. The standard InChI is InChI=1S/C19H19F5N2O2/c1-4-11(2)7-13(19(22,23)24)8-15-12(3)28-18(26-15)14-5-6-25-9-16(14)27-10-17(20)21/h5-9,17H,4,10H2,1-3H3/b11-7?,13-8+. The Labute approximate surface area is 158 Å². The molecule has 0 aromatic carbocycles. The van der Waals surface area contributed by atoms with Crippen molar-refractivity contribution in [3.63, 3.8) is 0 Å². The summed E-state index contributed by atoms with van der Waals surface area (Å²) in [6, 6.07) is 1.42. The lowest BCUT2D eigenvalue weighted by Gasteiger charge is -2.08. The van der Waals surface area contributed by atoms with Crippen LogP contribution in [0.25, 0.3) is 17.5 Å². The van der Waals surface area contributed by atoms with Gasteiger partial charge in [-0.3, -0.25) is 4.98 Å². The number of allylic oxidation sites excluding steroid dienone is 3. The largest absolute Gasteiger partial charge is 0.485 e. The smallest absolute Gasteiger partial charge is 0.416 e. The summed E-state index contributed by atoms with van der Waals surface area (Å²) in [5, 5.41) is 0. The van der Waals surface area contributed by atoms with Crippen molar-refractivity contribution in [1.29, 1.82) is 0 Å². The van der Waals surface area contributed by atoms with Crippen molar-refractivity contribution in [3.8, 4) is 17.2 Å². The normalized spacial score (nSPS) is 13.3. The number of ether oxygens (including phenoxy) is 1. The summed E-state index contributed by atoms with van der Waals surface area (Å²) in [4.78, 5) is 7.88. The Morgan fingerprint density at radius 3 is 2.64 bits per heavy atom. The van der Waals surface area contributed by atoms with Crippen LogP contribution in [-0.2, 0) is 0 Å². The molecule has 152 valence electrons. The zero-order chi connectivity index (χ0) is 20.9. The maximum atomic E-state index is 13.3. The van der Waals surface area contributed by atoms with Gasteiger partial charge in [-0.15, -0.1) is 0 Å². The molecule has 0 saturated carbocycles. The van der Waals surface area contributed by atoms with E-state index in [1.807, 2.05) is 0 Å². The summed E-state index contributed by atoms with van der Waals surface area (Å²) in [7, 11) is 0. The molecule has 9 heteroatoms. The highest BCUT2D eigenvalue weighted by Gasteiger charge is 2.32. The zero-order valence-electron chi connectivity index (χ0n) is 15.5. The van der Waals surface area contributed by atoms with Gasteiger partial charge in [-0.25, -0.2) is 13.8 Å². The van der Waals surface area contributed by atoms with Crippen molar-refractivity contribution in [2.45, 2.75) is 39.8 Å². The van der Waals surface area contributed by atoms with Gasteiger partial charge in [0, 0.05) is 6.20 Å². The highest BCUT2D eigenvalue weighted by atomic mass is 19.4. The van der Waals surface area contributed by atoms with E-state index in [1.54, 1.807) is 13.8 Å². The molecule has 0 atom stereocenters. The third-order valence-corrected chi connectivity index (χ3v) is 3.79. The van der Waals surface area contributed by atoms with E-state index in [2.05, 4.69) is 9.97 Å². The molecular weight excluding hydrogens is 383 g/mol. The fraction of sp³-hybridized carbons (Fsp3) is 0.368. The molecule has 0 amide bonds. The van der Waals surface area contributed by atoms with E-state index >= 15 is 0 Å². The molecule has 4 nitrogen and oxygen atoms in total. The van der Waals surface area contributed by atoms with E-state index in [0.29, 0.717) is 12.0 Å². The first-order valence-corrected chi connectivity index (χ1v) is 8.40. The van der Waals surface area contributed by atoms with Gasteiger partial charge in [0.2, 0.25) is 5.89 Å². The lowest BCUT2D eigenvalue weighted by molar-refractivity contribution is -0.0873. The van der Waals surface area contributed by atoms with Crippen LogP contribution < -0.4 is 4.74 Å². The first kappa shape index (κ1) is 21.6. The van der Waals surface area contributed by atoms with Crippen molar-refractivity contribution in [2.75, 3.05) is 6.61 Å². The van der Waals surface area contributed by atoms with E-state index in [-0.39, 0.29) is 28.7 Å². The zero-order valence-corrected chi connectivity index (χ0v) is 15.5. The van der Waals surface area contributed by atoms with Crippen LogP contribution in [0, 0.1) is 6.92 Å². The Bertz CT molecular complexity index is 869. The number of aromatic nitrogens is 2. The van der Waals surface area contributed by atoms with Gasteiger partial charge in [0.15, 0.2) is 5.75 Å². The summed E-state index contributed by atoms with van der Waals surface area (Å²) >= 11 is 0. The number of alkyl halides is 5. The summed E-state index contributed by atoms with van der Waals surface area (Å²) in [6.07, 6.45) is -2.27. The average Bonchev–Trinajstić information content (AvgIpc) is 2.99. The Morgan fingerprint density at radius 2 is 2.04 bits per heavy atom. The van der Waals surface area contributed by atoms with Gasteiger partial charge < -0.3 is 9.15 Å². The van der Waals surface area contributed by atoms with Crippen molar-refractivity contribution >= 4 is 6.08 Å². The van der Waals surface area contributed by atoms with E-state index < -0.39 is 24.8 Å². The number of oxazole rings is 1. The molecular formula is C19H19F5N2O2. The van der Waals surface area contributed by atoms with Crippen molar-refractivity contribution in [2.24, 2.45) is 0 Å². The summed E-state index contributed by atoms with van der Waals surface area (Å²) in [6.45, 7) is 3.96. The predicted octanol–water partition coefficient (Wildman–Crippen LogP) is 5.99. The molecule has 2 aromatic heterocycles. The second-order valence-corrected chi connectivity index (χ2v) is 5.98. The van der Waals surface area contributed by atoms with Crippen LogP contribution in [0.15, 0.2) is 40.1 Å². The number of aryl methyl sites for hydroxylation is 1. The molecule has 28 heavy (non-hydrogen) atoms. The fourth-order valence-corrected chi connectivity index (χ4v) is 2.20. The molecule has 0 fully saturated rings. The van der Waals surface area contributed by atoms with E-state index in [1.165, 1.54) is 25.4 Å². The lowest BCUT2D eigenvalue weighted by atomic mass is 10.1. The maximum absolute atomic E-state index is 13.3. The van der Waals surface area contributed by atoms with Gasteiger partial charge >= 0.3 is 6.18 Å². The van der Waals surface area contributed by atoms with Gasteiger partial charge in [0.1, 0.15) is 18.1 Å². The topological polar surface area (TPSA) is 48.2 Å². The molecule has 2 aromatic rings. The van der Waals surface area contributed by atoms with Gasteiger partial charge in [0.05, 0.1) is 17.3 Å². The minimum atomic E-state index is -4.57. The summed E-state index contributed by atoms with van der Waals surface area (Å²) in [5.74, 6) is 0.0985. The fourth-order valence-electron chi connectivity index (χ4n) is 2.20. The predicted molar refractivity (Wildman–Crippen MR) is 94.1 cm³/mol. The second kappa shape index (κ2) is 8.99. The third kappa shape index (κ3) is 5.64. The molecule has 0 bridgehead atoms. The molecule has 0 aliphatic carbocycles. The molecule has 0 radical (unpaired) electrons. The first-order valence-electron chi connectivity index (χ1n) is 8.40. The second-order valence-electron chi connectivity index (χ2n) is 5.98. The molecule has 0 spiro atoms. The van der Waals surface area contributed by atoms with Gasteiger partial charge in [-0.1, -0.05) is 18.6 Å². The number of pyridine rings is 1. The minimum Gasteiger partial charge on any atom is -0.485 e.